The maximum Gasteiger partial charge on any atom is 0.338 e. The van der Waals surface area contributed by atoms with Crippen LogP contribution in [0.5, 0.6) is 0 Å². The van der Waals surface area contributed by atoms with E-state index in [4.69, 9.17) is 5.11 Å². The zero-order chi connectivity index (χ0) is 13.2. The minimum absolute atomic E-state index is 0.0234. The van der Waals surface area contributed by atoms with Crippen LogP contribution in [0, 0.1) is 5.82 Å². The molecule has 4 nitrogen and oxygen atoms in total. The Morgan fingerprint density at radius 1 is 1.67 bits per heavy atom. The summed E-state index contributed by atoms with van der Waals surface area (Å²) < 4.78 is 14.0. The molecule has 1 aliphatic rings. The molecule has 1 fully saturated rings. The third-order valence-electron chi connectivity index (χ3n) is 3.40. The number of pyridine rings is 1. The molecule has 2 N–H and O–H groups in total. The molecular formula is C12H15FN2O2S. The largest absolute Gasteiger partial charge is 0.478 e. The Morgan fingerprint density at radius 2 is 2.39 bits per heavy atom. The normalized spacial score (nSPS) is 17.0. The number of nitrogens with zero attached hydrogens (tertiary/aromatic N) is 1. The highest BCUT2D eigenvalue weighted by atomic mass is 32.2. The fraction of sp³-hybridized carbons (Fsp3) is 0.500. The number of halogens is 1. The highest BCUT2D eigenvalue weighted by Crippen LogP contribution is 2.42. The van der Waals surface area contributed by atoms with Crippen LogP contribution in [0.1, 0.15) is 29.6 Å². The number of aromatic nitrogens is 1. The number of nitrogens with one attached hydrogen (secondary N) is 1. The van der Waals surface area contributed by atoms with Gasteiger partial charge in [-0.3, -0.25) is 0 Å². The SMILES string of the molecule is CSC1(CNc2nccc(C(=O)O)c2F)CCC1. The molecule has 1 saturated carbocycles. The van der Waals surface area contributed by atoms with Crippen LogP contribution in [0.2, 0.25) is 0 Å². The quantitative estimate of drug-likeness (QED) is 0.861. The summed E-state index contributed by atoms with van der Waals surface area (Å²) in [5, 5.41) is 11.8. The van der Waals surface area contributed by atoms with Crippen molar-refractivity contribution >= 4 is 23.5 Å². The monoisotopic (exact) mass is 270 g/mol. The van der Waals surface area contributed by atoms with Crippen LogP contribution in [0.15, 0.2) is 12.3 Å². The summed E-state index contributed by atoms with van der Waals surface area (Å²) in [6.45, 7) is 0.612. The summed E-state index contributed by atoms with van der Waals surface area (Å²) in [5.74, 6) is -2.04. The molecule has 0 unspecified atom stereocenters. The van der Waals surface area contributed by atoms with E-state index in [0.717, 1.165) is 18.9 Å². The number of anilines is 1. The Kier molecular flexibility index (Phi) is 3.75. The molecule has 0 spiro atoms. The lowest BCUT2D eigenvalue weighted by Crippen LogP contribution is -2.40. The van der Waals surface area contributed by atoms with E-state index in [-0.39, 0.29) is 16.1 Å². The van der Waals surface area contributed by atoms with Crippen LogP contribution in [0.4, 0.5) is 10.2 Å². The molecule has 0 aromatic carbocycles. The van der Waals surface area contributed by atoms with Crippen molar-refractivity contribution in [2.24, 2.45) is 0 Å². The molecule has 18 heavy (non-hydrogen) atoms. The summed E-state index contributed by atoms with van der Waals surface area (Å²) in [4.78, 5) is 14.7. The number of carbonyl (C=O) groups is 1. The summed E-state index contributed by atoms with van der Waals surface area (Å²) in [6, 6.07) is 1.16. The van der Waals surface area contributed by atoms with E-state index in [0.29, 0.717) is 6.54 Å². The Hall–Kier alpha value is -1.30. The number of thioether (sulfide) groups is 1. The van der Waals surface area contributed by atoms with Crippen molar-refractivity contribution in [2.45, 2.75) is 24.0 Å². The van der Waals surface area contributed by atoms with Gasteiger partial charge < -0.3 is 10.4 Å². The number of hydrogen-bond donors (Lipinski definition) is 2. The summed E-state index contributed by atoms with van der Waals surface area (Å²) >= 11 is 1.77. The Morgan fingerprint density at radius 3 is 2.89 bits per heavy atom. The smallest absolute Gasteiger partial charge is 0.338 e. The van der Waals surface area contributed by atoms with Crippen LogP contribution in [0.3, 0.4) is 0 Å². The minimum Gasteiger partial charge on any atom is -0.478 e. The predicted molar refractivity (Wildman–Crippen MR) is 69.7 cm³/mol. The van der Waals surface area contributed by atoms with E-state index < -0.39 is 11.8 Å². The molecule has 0 aliphatic heterocycles. The van der Waals surface area contributed by atoms with Crippen LogP contribution in [0.25, 0.3) is 0 Å². The van der Waals surface area contributed by atoms with Crippen molar-refractivity contribution < 1.29 is 14.3 Å². The van der Waals surface area contributed by atoms with Gasteiger partial charge in [-0.15, -0.1) is 0 Å². The molecule has 0 amide bonds. The topological polar surface area (TPSA) is 62.2 Å². The molecule has 2 rings (SSSR count). The molecule has 6 heteroatoms. The molecule has 0 saturated heterocycles. The standard InChI is InChI=1S/C12H15FN2O2S/c1-18-12(4-2-5-12)7-15-10-9(13)8(11(16)17)3-6-14-10/h3,6H,2,4-5,7H2,1H3,(H,14,15)(H,16,17). The predicted octanol–water partition coefficient (Wildman–Crippen LogP) is 2.62. The van der Waals surface area contributed by atoms with Crippen molar-refractivity contribution in [1.29, 1.82) is 0 Å². The summed E-state index contributed by atoms with van der Waals surface area (Å²) in [5.41, 5.74) is -0.348. The Balaban J connectivity index is 2.10. The van der Waals surface area contributed by atoms with Crippen molar-refractivity contribution in [2.75, 3.05) is 18.1 Å². The van der Waals surface area contributed by atoms with E-state index in [1.807, 2.05) is 6.26 Å². The van der Waals surface area contributed by atoms with Gasteiger partial charge >= 0.3 is 5.97 Å². The van der Waals surface area contributed by atoms with Crippen LogP contribution in [-0.4, -0.2) is 33.6 Å². The van der Waals surface area contributed by atoms with Gasteiger partial charge in [-0.05, 0) is 25.2 Å². The third kappa shape index (κ3) is 2.43. The van der Waals surface area contributed by atoms with Gasteiger partial charge in [0.1, 0.15) is 5.56 Å². The maximum atomic E-state index is 13.8. The van der Waals surface area contributed by atoms with E-state index in [1.54, 1.807) is 11.8 Å². The number of carboxylic acids is 1. The van der Waals surface area contributed by atoms with Crippen molar-refractivity contribution in [3.63, 3.8) is 0 Å². The van der Waals surface area contributed by atoms with Gasteiger partial charge in [0, 0.05) is 17.5 Å². The van der Waals surface area contributed by atoms with E-state index in [2.05, 4.69) is 10.3 Å². The lowest BCUT2D eigenvalue weighted by atomic mass is 9.84. The second kappa shape index (κ2) is 5.14. The van der Waals surface area contributed by atoms with E-state index >= 15 is 0 Å². The number of hydrogen-bond acceptors (Lipinski definition) is 4. The van der Waals surface area contributed by atoms with Gasteiger partial charge in [-0.1, -0.05) is 6.42 Å². The molecule has 98 valence electrons. The van der Waals surface area contributed by atoms with Crippen LogP contribution < -0.4 is 5.32 Å². The average Bonchev–Trinajstić information content (AvgIpc) is 2.29. The third-order valence-corrected chi connectivity index (χ3v) is 4.81. The number of aromatic carboxylic acids is 1. The van der Waals surface area contributed by atoms with Gasteiger partial charge in [0.15, 0.2) is 11.6 Å². The zero-order valence-electron chi connectivity index (χ0n) is 10.1. The van der Waals surface area contributed by atoms with Gasteiger partial charge in [0.05, 0.1) is 0 Å². The molecule has 1 aromatic rings. The van der Waals surface area contributed by atoms with Crippen molar-refractivity contribution in [1.82, 2.24) is 4.98 Å². The van der Waals surface area contributed by atoms with Crippen molar-refractivity contribution in [3.05, 3.63) is 23.6 Å². The second-order valence-electron chi connectivity index (χ2n) is 4.42. The molecule has 0 atom stereocenters. The average molecular weight is 270 g/mol. The van der Waals surface area contributed by atoms with Gasteiger partial charge in [0.25, 0.3) is 0 Å². The van der Waals surface area contributed by atoms with Crippen molar-refractivity contribution in [3.8, 4) is 0 Å². The number of carboxylic acid groups (broad SMARTS) is 1. The Labute approximate surface area is 109 Å². The van der Waals surface area contributed by atoms with Crippen LogP contribution >= 0.6 is 11.8 Å². The van der Waals surface area contributed by atoms with Gasteiger partial charge in [-0.2, -0.15) is 11.8 Å². The number of rotatable bonds is 5. The van der Waals surface area contributed by atoms with E-state index in [1.165, 1.54) is 12.6 Å². The molecule has 0 bridgehead atoms. The highest BCUT2D eigenvalue weighted by molar-refractivity contribution is 8.00. The van der Waals surface area contributed by atoms with E-state index in [9.17, 15) is 9.18 Å². The van der Waals surface area contributed by atoms with Crippen LogP contribution in [-0.2, 0) is 0 Å². The lowest BCUT2D eigenvalue weighted by Gasteiger charge is -2.40. The molecular weight excluding hydrogens is 255 g/mol. The zero-order valence-corrected chi connectivity index (χ0v) is 10.9. The molecule has 0 radical (unpaired) electrons. The lowest BCUT2D eigenvalue weighted by molar-refractivity contribution is 0.0692. The molecule has 1 aliphatic carbocycles. The minimum atomic E-state index is -1.28. The molecule has 1 heterocycles. The first-order valence-corrected chi connectivity index (χ1v) is 6.97. The Bertz CT molecular complexity index is 458. The summed E-state index contributed by atoms with van der Waals surface area (Å²) in [7, 11) is 0. The first-order valence-electron chi connectivity index (χ1n) is 5.75. The fourth-order valence-electron chi connectivity index (χ4n) is 2.00. The van der Waals surface area contributed by atoms with Gasteiger partial charge in [-0.25, -0.2) is 14.2 Å². The highest BCUT2D eigenvalue weighted by Gasteiger charge is 2.36. The molecule has 1 aromatic heterocycles. The van der Waals surface area contributed by atoms with Gasteiger partial charge in [0.2, 0.25) is 0 Å². The first kappa shape index (κ1) is 13.1. The first-order chi connectivity index (χ1) is 8.58. The summed E-state index contributed by atoms with van der Waals surface area (Å²) in [6.07, 6.45) is 6.73. The fourth-order valence-corrected chi connectivity index (χ4v) is 2.91. The second-order valence-corrected chi connectivity index (χ2v) is 5.69. The maximum absolute atomic E-state index is 13.8.